The van der Waals surface area contributed by atoms with Crippen LogP contribution in [0.4, 0.5) is 0 Å². The molecule has 0 bridgehead atoms. The molecule has 0 aromatic carbocycles. The Labute approximate surface area is 127 Å². The summed E-state index contributed by atoms with van der Waals surface area (Å²) in [7, 11) is 1.50. The highest BCUT2D eigenvalue weighted by Crippen LogP contribution is 2.07. The van der Waals surface area contributed by atoms with Gasteiger partial charge in [0.1, 0.15) is 11.3 Å². The number of imidazole rings is 1. The Hall–Kier alpha value is -1.93. The van der Waals surface area contributed by atoms with Gasteiger partial charge in [-0.2, -0.15) is 0 Å². The summed E-state index contributed by atoms with van der Waals surface area (Å²) in [6.45, 7) is 7.35. The van der Waals surface area contributed by atoms with Crippen molar-refractivity contribution in [1.82, 2.24) is 29.3 Å². The van der Waals surface area contributed by atoms with Crippen LogP contribution < -0.4 is 16.6 Å². The largest absolute Gasteiger partial charge is 0.336 e. The minimum atomic E-state index is -0.319. The summed E-state index contributed by atoms with van der Waals surface area (Å²) in [5.41, 5.74) is 0.246. The number of hydrogen-bond acceptors (Lipinski definition) is 5. The Balaban J connectivity index is 1.90. The van der Waals surface area contributed by atoms with Crippen molar-refractivity contribution in [3.63, 3.8) is 0 Å². The summed E-state index contributed by atoms with van der Waals surface area (Å²) in [5.74, 6) is 0.762. The molecule has 0 unspecified atom stereocenters. The van der Waals surface area contributed by atoms with Crippen molar-refractivity contribution in [3.8, 4) is 0 Å². The first-order chi connectivity index (χ1) is 10.6. The van der Waals surface area contributed by atoms with E-state index in [2.05, 4.69) is 20.2 Å². The summed E-state index contributed by atoms with van der Waals surface area (Å²) >= 11 is 0. The highest BCUT2D eigenvalue weighted by atomic mass is 16.2. The molecule has 2 N–H and O–H groups in total. The van der Waals surface area contributed by atoms with E-state index in [9.17, 15) is 9.59 Å². The molecule has 2 aromatic heterocycles. The third-order valence-electron chi connectivity index (χ3n) is 4.22. The van der Waals surface area contributed by atoms with Gasteiger partial charge in [-0.3, -0.25) is 13.9 Å². The lowest BCUT2D eigenvalue weighted by Gasteiger charge is -2.26. The molecule has 8 nitrogen and oxygen atoms in total. The van der Waals surface area contributed by atoms with Crippen LogP contribution in [0.25, 0.3) is 11.2 Å². The summed E-state index contributed by atoms with van der Waals surface area (Å²) in [6.07, 6.45) is 0.746. The number of aromatic amines is 1. The van der Waals surface area contributed by atoms with E-state index in [1.807, 2.05) is 6.92 Å². The smallest absolute Gasteiger partial charge is 0.332 e. The lowest BCUT2D eigenvalue weighted by molar-refractivity contribution is 0.242. The molecule has 22 heavy (non-hydrogen) atoms. The second kappa shape index (κ2) is 6.05. The fourth-order valence-corrected chi connectivity index (χ4v) is 2.88. The predicted octanol–water partition coefficient (Wildman–Crippen LogP) is -1.11. The average molecular weight is 306 g/mol. The van der Waals surface area contributed by atoms with Crippen LogP contribution in [0.1, 0.15) is 12.7 Å². The first-order valence-electron chi connectivity index (χ1n) is 7.73. The van der Waals surface area contributed by atoms with Crippen molar-refractivity contribution >= 4 is 11.2 Å². The first kappa shape index (κ1) is 15.0. The van der Waals surface area contributed by atoms with Crippen LogP contribution in [-0.2, 0) is 20.0 Å². The molecule has 3 heterocycles. The molecule has 0 saturated carbocycles. The molecule has 1 aliphatic rings. The number of aromatic nitrogens is 4. The third kappa shape index (κ3) is 2.59. The second-order valence-corrected chi connectivity index (χ2v) is 5.61. The zero-order valence-electron chi connectivity index (χ0n) is 13.1. The summed E-state index contributed by atoms with van der Waals surface area (Å²) in [6, 6.07) is 0. The van der Waals surface area contributed by atoms with Crippen LogP contribution in [-0.4, -0.2) is 56.7 Å². The second-order valence-electron chi connectivity index (χ2n) is 5.61. The molecule has 2 aromatic rings. The minimum absolute atomic E-state index is 0.314. The lowest BCUT2D eigenvalue weighted by Crippen LogP contribution is -2.44. The molecular formula is C14H22N6O2. The van der Waals surface area contributed by atoms with Gasteiger partial charge in [-0.25, -0.2) is 9.78 Å². The zero-order valence-corrected chi connectivity index (χ0v) is 13.1. The Kier molecular flexibility index (Phi) is 4.12. The number of H-pyrrole nitrogens is 1. The monoisotopic (exact) mass is 306 g/mol. The van der Waals surface area contributed by atoms with Crippen LogP contribution in [0.3, 0.4) is 0 Å². The molecular weight excluding hydrogens is 284 g/mol. The molecule has 120 valence electrons. The first-order valence-corrected chi connectivity index (χ1v) is 7.73. The summed E-state index contributed by atoms with van der Waals surface area (Å²) in [4.78, 5) is 34.3. The van der Waals surface area contributed by atoms with Crippen LogP contribution in [0.15, 0.2) is 9.59 Å². The highest BCUT2D eigenvalue weighted by Gasteiger charge is 2.15. The van der Waals surface area contributed by atoms with Crippen LogP contribution in [0, 0.1) is 0 Å². The maximum Gasteiger partial charge on any atom is 0.332 e. The van der Waals surface area contributed by atoms with Gasteiger partial charge in [-0.15, -0.1) is 0 Å². The molecule has 0 radical (unpaired) electrons. The van der Waals surface area contributed by atoms with Gasteiger partial charge >= 0.3 is 5.69 Å². The lowest BCUT2D eigenvalue weighted by atomic mass is 10.3. The van der Waals surface area contributed by atoms with Gasteiger partial charge in [0.25, 0.3) is 5.56 Å². The molecule has 1 fully saturated rings. The molecule has 0 amide bonds. The number of hydrogen-bond donors (Lipinski definition) is 2. The van der Waals surface area contributed by atoms with E-state index >= 15 is 0 Å². The SMILES string of the molecule is CCn1c(=O)n(C)c(=O)c2[nH]c(CCN3CCNCC3)nc21. The van der Waals surface area contributed by atoms with Crippen molar-refractivity contribution in [2.75, 3.05) is 32.7 Å². The van der Waals surface area contributed by atoms with Gasteiger partial charge < -0.3 is 15.2 Å². The highest BCUT2D eigenvalue weighted by molar-refractivity contribution is 5.69. The third-order valence-corrected chi connectivity index (χ3v) is 4.22. The predicted molar refractivity (Wildman–Crippen MR) is 84.3 cm³/mol. The fraction of sp³-hybridized carbons (Fsp3) is 0.643. The van der Waals surface area contributed by atoms with E-state index in [0.29, 0.717) is 17.7 Å². The van der Waals surface area contributed by atoms with E-state index in [1.165, 1.54) is 11.6 Å². The van der Waals surface area contributed by atoms with Crippen LogP contribution in [0.5, 0.6) is 0 Å². The van der Waals surface area contributed by atoms with Gasteiger partial charge in [-0.05, 0) is 6.92 Å². The number of nitrogens with one attached hydrogen (secondary N) is 2. The van der Waals surface area contributed by atoms with Gasteiger partial charge in [0.2, 0.25) is 0 Å². The molecule has 1 saturated heterocycles. The number of rotatable bonds is 4. The van der Waals surface area contributed by atoms with Crippen molar-refractivity contribution in [2.45, 2.75) is 19.9 Å². The average Bonchev–Trinajstić information content (AvgIpc) is 2.96. The quantitative estimate of drug-likeness (QED) is 0.748. The topological polar surface area (TPSA) is 88.0 Å². The Morgan fingerprint density at radius 2 is 1.95 bits per heavy atom. The number of fused-ring (bicyclic) bond motifs is 1. The van der Waals surface area contributed by atoms with Gasteiger partial charge in [0.15, 0.2) is 5.65 Å². The standard InChI is InChI=1S/C14H22N6O2/c1-3-20-12-11(13(21)18(2)14(20)22)16-10(17-12)4-7-19-8-5-15-6-9-19/h15H,3-9H2,1-2H3,(H,16,17). The van der Waals surface area contributed by atoms with Crippen molar-refractivity contribution in [1.29, 1.82) is 0 Å². The van der Waals surface area contributed by atoms with Crippen LogP contribution >= 0.6 is 0 Å². The Bertz CT molecular complexity index is 781. The van der Waals surface area contributed by atoms with Crippen molar-refractivity contribution < 1.29 is 0 Å². The van der Waals surface area contributed by atoms with E-state index < -0.39 is 0 Å². The molecule has 0 atom stereocenters. The van der Waals surface area contributed by atoms with Gasteiger partial charge in [-0.1, -0.05) is 0 Å². The normalized spacial score (nSPS) is 16.5. The number of nitrogens with zero attached hydrogens (tertiary/aromatic N) is 4. The Morgan fingerprint density at radius 3 is 2.64 bits per heavy atom. The summed E-state index contributed by atoms with van der Waals surface area (Å²) < 4.78 is 2.66. The van der Waals surface area contributed by atoms with Gasteiger partial charge in [0, 0.05) is 52.7 Å². The van der Waals surface area contributed by atoms with Gasteiger partial charge in [0.05, 0.1) is 0 Å². The molecule has 3 rings (SSSR count). The number of piperazine rings is 1. The maximum absolute atomic E-state index is 12.2. The fourth-order valence-electron chi connectivity index (χ4n) is 2.88. The van der Waals surface area contributed by atoms with Crippen LogP contribution in [0.2, 0.25) is 0 Å². The Morgan fingerprint density at radius 1 is 1.23 bits per heavy atom. The number of aryl methyl sites for hydroxylation is 1. The zero-order chi connectivity index (χ0) is 15.7. The maximum atomic E-state index is 12.2. The molecule has 8 heteroatoms. The van der Waals surface area contributed by atoms with E-state index in [0.717, 1.165) is 49.5 Å². The van der Waals surface area contributed by atoms with Crippen molar-refractivity contribution in [2.24, 2.45) is 7.05 Å². The molecule has 0 aliphatic carbocycles. The van der Waals surface area contributed by atoms with E-state index in [-0.39, 0.29) is 11.2 Å². The molecule has 1 aliphatic heterocycles. The summed E-state index contributed by atoms with van der Waals surface area (Å²) in [5, 5.41) is 3.32. The molecule has 0 spiro atoms. The van der Waals surface area contributed by atoms with Crippen molar-refractivity contribution in [3.05, 3.63) is 26.7 Å². The minimum Gasteiger partial charge on any atom is -0.336 e. The van der Waals surface area contributed by atoms with E-state index in [1.54, 1.807) is 0 Å². The van der Waals surface area contributed by atoms with E-state index in [4.69, 9.17) is 0 Å².